The fraction of sp³-hybridized carbons (Fsp3) is 0.400. The molecule has 1 aliphatic carbocycles. The molecule has 0 saturated heterocycles. The van der Waals surface area contributed by atoms with Gasteiger partial charge in [-0.05, 0) is 24.0 Å². The maximum Gasteiger partial charge on any atom is 0.248 e. The lowest BCUT2D eigenvalue weighted by Crippen LogP contribution is -2.47. The molecule has 1 aliphatic heterocycles. The number of rotatable bonds is 5. The highest BCUT2D eigenvalue weighted by molar-refractivity contribution is 6.08. The average Bonchev–Trinajstić information content (AvgIpc) is 3.27. The van der Waals surface area contributed by atoms with Crippen LogP contribution in [-0.2, 0) is 16.0 Å². The van der Waals surface area contributed by atoms with Crippen LogP contribution in [0.25, 0.3) is 0 Å². The van der Waals surface area contributed by atoms with Crippen LogP contribution in [0.15, 0.2) is 42.9 Å². The van der Waals surface area contributed by atoms with Gasteiger partial charge >= 0.3 is 0 Å². The predicted molar refractivity (Wildman–Crippen MR) is 98.7 cm³/mol. The van der Waals surface area contributed by atoms with Gasteiger partial charge in [-0.1, -0.05) is 43.9 Å². The fourth-order valence-electron chi connectivity index (χ4n) is 4.08. The van der Waals surface area contributed by atoms with Crippen molar-refractivity contribution in [1.29, 1.82) is 0 Å². The number of amides is 2. The molecule has 1 aromatic carbocycles. The summed E-state index contributed by atoms with van der Waals surface area (Å²) in [6.45, 7) is 0. The van der Waals surface area contributed by atoms with E-state index in [9.17, 15) is 9.59 Å². The van der Waals surface area contributed by atoms with Gasteiger partial charge in [-0.2, -0.15) is 0 Å². The van der Waals surface area contributed by atoms with Crippen LogP contribution in [0, 0.1) is 5.92 Å². The first-order valence-corrected chi connectivity index (χ1v) is 9.19. The zero-order chi connectivity index (χ0) is 17.9. The minimum atomic E-state index is -0.517. The average molecular weight is 350 g/mol. The summed E-state index contributed by atoms with van der Waals surface area (Å²) < 4.78 is 0. The number of fused-ring (bicyclic) bond motifs is 1. The van der Waals surface area contributed by atoms with Gasteiger partial charge in [0, 0.05) is 18.1 Å². The highest BCUT2D eigenvalue weighted by atomic mass is 16.2. The molecule has 1 saturated carbocycles. The van der Waals surface area contributed by atoms with Crippen molar-refractivity contribution in [1.82, 2.24) is 9.97 Å². The van der Waals surface area contributed by atoms with Crippen molar-refractivity contribution in [2.75, 3.05) is 10.2 Å². The number of para-hydroxylation sites is 1. The van der Waals surface area contributed by atoms with E-state index in [4.69, 9.17) is 0 Å². The molecular weight excluding hydrogens is 328 g/mol. The van der Waals surface area contributed by atoms with E-state index < -0.39 is 6.04 Å². The number of nitrogens with one attached hydrogen (secondary N) is 1. The Morgan fingerprint density at radius 3 is 2.81 bits per heavy atom. The monoisotopic (exact) mass is 350 g/mol. The summed E-state index contributed by atoms with van der Waals surface area (Å²) in [6.07, 6.45) is 10.3. The van der Waals surface area contributed by atoms with E-state index in [1.807, 2.05) is 24.3 Å². The van der Waals surface area contributed by atoms with E-state index in [-0.39, 0.29) is 11.8 Å². The highest BCUT2D eigenvalue weighted by Crippen LogP contribution is 2.35. The van der Waals surface area contributed by atoms with Gasteiger partial charge in [0.2, 0.25) is 11.8 Å². The van der Waals surface area contributed by atoms with Crippen molar-refractivity contribution in [2.45, 2.75) is 44.6 Å². The van der Waals surface area contributed by atoms with Gasteiger partial charge in [0.25, 0.3) is 0 Å². The second kappa shape index (κ2) is 7.23. The second-order valence-electron chi connectivity index (χ2n) is 7.05. The molecule has 1 aromatic heterocycles. The molecule has 2 aromatic rings. The van der Waals surface area contributed by atoms with Crippen LogP contribution >= 0.6 is 0 Å². The maximum atomic E-state index is 13.1. The Labute approximate surface area is 152 Å². The van der Waals surface area contributed by atoms with E-state index in [0.29, 0.717) is 24.6 Å². The summed E-state index contributed by atoms with van der Waals surface area (Å²) in [7, 11) is 0. The molecule has 0 bridgehead atoms. The van der Waals surface area contributed by atoms with Crippen LogP contribution in [0.4, 0.5) is 11.5 Å². The summed E-state index contributed by atoms with van der Waals surface area (Å²) in [6, 6.07) is 7.22. The summed E-state index contributed by atoms with van der Waals surface area (Å²) in [5, 5.41) is 2.84. The van der Waals surface area contributed by atoms with E-state index in [0.717, 1.165) is 24.1 Å². The number of nitrogens with zero attached hydrogens (tertiary/aromatic N) is 3. The van der Waals surface area contributed by atoms with Crippen LogP contribution in [0.5, 0.6) is 0 Å². The normalized spacial score (nSPS) is 18.0. The fourth-order valence-corrected chi connectivity index (χ4v) is 4.08. The lowest BCUT2D eigenvalue weighted by atomic mass is 9.96. The van der Waals surface area contributed by atoms with Crippen molar-refractivity contribution in [2.24, 2.45) is 5.92 Å². The number of carbonyl (C=O) groups is 2. The van der Waals surface area contributed by atoms with Crippen molar-refractivity contribution in [3.63, 3.8) is 0 Å². The predicted octanol–water partition coefficient (Wildman–Crippen LogP) is 2.95. The highest BCUT2D eigenvalue weighted by Gasteiger charge is 2.38. The summed E-state index contributed by atoms with van der Waals surface area (Å²) in [5.74, 6) is 0.688. The van der Waals surface area contributed by atoms with Crippen LogP contribution in [0.2, 0.25) is 0 Å². The first-order valence-electron chi connectivity index (χ1n) is 9.19. The van der Waals surface area contributed by atoms with E-state index in [2.05, 4.69) is 15.3 Å². The van der Waals surface area contributed by atoms with Crippen molar-refractivity contribution in [3.8, 4) is 0 Å². The Hall–Kier alpha value is -2.76. The summed E-state index contributed by atoms with van der Waals surface area (Å²) >= 11 is 0. The van der Waals surface area contributed by atoms with Gasteiger partial charge in [0.05, 0.1) is 12.6 Å². The Bertz CT molecular complexity index is 802. The Morgan fingerprint density at radius 2 is 2.04 bits per heavy atom. The quantitative estimate of drug-likeness (QED) is 0.899. The molecule has 0 radical (unpaired) electrons. The van der Waals surface area contributed by atoms with Gasteiger partial charge in [0.1, 0.15) is 6.04 Å². The van der Waals surface area contributed by atoms with Crippen LogP contribution in [-0.4, -0.2) is 27.8 Å². The molecule has 6 nitrogen and oxygen atoms in total. The van der Waals surface area contributed by atoms with Crippen LogP contribution in [0.1, 0.15) is 37.7 Å². The second-order valence-corrected chi connectivity index (χ2v) is 7.05. The molecule has 4 rings (SSSR count). The lowest BCUT2D eigenvalue weighted by molar-refractivity contribution is -0.123. The van der Waals surface area contributed by atoms with Crippen LogP contribution < -0.4 is 10.2 Å². The third-order valence-corrected chi connectivity index (χ3v) is 5.32. The van der Waals surface area contributed by atoms with Gasteiger partial charge in [-0.3, -0.25) is 19.5 Å². The van der Waals surface area contributed by atoms with Gasteiger partial charge < -0.3 is 5.32 Å². The third kappa shape index (κ3) is 3.31. The molecule has 2 heterocycles. The molecule has 134 valence electrons. The number of hydrogen-bond acceptors (Lipinski definition) is 4. The Balaban J connectivity index is 1.62. The van der Waals surface area contributed by atoms with Gasteiger partial charge in [0.15, 0.2) is 5.82 Å². The van der Waals surface area contributed by atoms with Gasteiger partial charge in [-0.15, -0.1) is 0 Å². The summed E-state index contributed by atoms with van der Waals surface area (Å²) in [4.78, 5) is 35.6. The number of carbonyl (C=O) groups excluding carboxylic acids is 2. The standard InChI is InChI=1S/C20H22N4O2/c25-19-12-15-7-3-4-8-16(15)24(19)17(11-14-5-1-2-6-14)20(26)23-18-13-21-9-10-22-18/h3-4,7-10,13-14,17H,1-2,5-6,11-12H2,(H,22,23,26). The molecule has 1 atom stereocenters. The Kier molecular flexibility index (Phi) is 4.65. The number of anilines is 2. The molecule has 1 unspecified atom stereocenters. The minimum absolute atomic E-state index is 0.0107. The number of hydrogen-bond donors (Lipinski definition) is 1. The van der Waals surface area contributed by atoms with E-state index in [1.54, 1.807) is 11.1 Å². The summed E-state index contributed by atoms with van der Waals surface area (Å²) in [5.41, 5.74) is 1.84. The third-order valence-electron chi connectivity index (χ3n) is 5.32. The maximum absolute atomic E-state index is 13.1. The zero-order valence-corrected chi connectivity index (χ0v) is 14.6. The van der Waals surface area contributed by atoms with E-state index >= 15 is 0 Å². The van der Waals surface area contributed by atoms with Crippen LogP contribution in [0.3, 0.4) is 0 Å². The number of benzene rings is 1. The minimum Gasteiger partial charge on any atom is -0.308 e. The first-order chi connectivity index (χ1) is 12.7. The van der Waals surface area contributed by atoms with Crippen molar-refractivity contribution in [3.05, 3.63) is 48.4 Å². The van der Waals surface area contributed by atoms with Crippen molar-refractivity contribution >= 4 is 23.3 Å². The molecule has 1 fully saturated rings. The Morgan fingerprint density at radius 1 is 1.23 bits per heavy atom. The molecule has 26 heavy (non-hydrogen) atoms. The first kappa shape index (κ1) is 16.7. The molecule has 1 N–H and O–H groups in total. The van der Waals surface area contributed by atoms with Gasteiger partial charge in [-0.25, -0.2) is 4.98 Å². The topological polar surface area (TPSA) is 75.2 Å². The molecule has 2 aliphatic rings. The van der Waals surface area contributed by atoms with E-state index in [1.165, 1.54) is 25.2 Å². The molecular formula is C20H22N4O2. The zero-order valence-electron chi connectivity index (χ0n) is 14.6. The SMILES string of the molecule is O=C(Nc1cnccn1)C(CC1CCCC1)N1C(=O)Cc2ccccc21. The smallest absolute Gasteiger partial charge is 0.248 e. The number of aromatic nitrogens is 2. The molecule has 6 heteroatoms. The largest absolute Gasteiger partial charge is 0.308 e. The van der Waals surface area contributed by atoms with Crippen molar-refractivity contribution < 1.29 is 9.59 Å². The molecule has 0 spiro atoms. The lowest BCUT2D eigenvalue weighted by Gasteiger charge is -2.29. The molecule has 2 amide bonds.